The Morgan fingerprint density at radius 1 is 1.58 bits per heavy atom. The van der Waals surface area contributed by atoms with Crippen molar-refractivity contribution >= 4 is 11.6 Å². The van der Waals surface area contributed by atoms with Gasteiger partial charge in [-0.25, -0.2) is 0 Å². The molecule has 1 rings (SSSR count). The number of hydrogen-bond donors (Lipinski definition) is 0. The van der Waals surface area contributed by atoms with Gasteiger partial charge < -0.3 is 9.26 Å². The van der Waals surface area contributed by atoms with Gasteiger partial charge in [-0.1, -0.05) is 12.1 Å². The molecule has 0 saturated carbocycles. The van der Waals surface area contributed by atoms with E-state index in [0.717, 1.165) is 6.42 Å². The van der Waals surface area contributed by atoms with Gasteiger partial charge in [0.1, 0.15) is 6.10 Å². The molecular formula is C7H11ClN2O2. The van der Waals surface area contributed by atoms with Crippen molar-refractivity contribution in [3.8, 4) is 0 Å². The van der Waals surface area contributed by atoms with E-state index in [0.29, 0.717) is 12.4 Å². The van der Waals surface area contributed by atoms with Crippen LogP contribution in [0.3, 0.4) is 0 Å². The van der Waals surface area contributed by atoms with Crippen LogP contribution < -0.4 is 0 Å². The van der Waals surface area contributed by atoms with Gasteiger partial charge in [-0.3, -0.25) is 0 Å². The summed E-state index contributed by atoms with van der Waals surface area (Å²) in [6, 6.07) is 0. The maximum atomic E-state index is 5.47. The number of nitrogens with zero attached hydrogens (tertiary/aromatic N) is 2. The van der Waals surface area contributed by atoms with Gasteiger partial charge in [-0.2, -0.15) is 4.98 Å². The molecule has 0 spiro atoms. The first-order chi connectivity index (χ1) is 5.77. The van der Waals surface area contributed by atoms with Gasteiger partial charge in [0.05, 0.1) is 0 Å². The molecule has 0 aliphatic heterocycles. The van der Waals surface area contributed by atoms with E-state index in [9.17, 15) is 0 Å². The lowest BCUT2D eigenvalue weighted by molar-refractivity contribution is 0.0518. The van der Waals surface area contributed by atoms with Gasteiger partial charge in [0.25, 0.3) is 0 Å². The zero-order chi connectivity index (χ0) is 8.97. The van der Waals surface area contributed by atoms with Gasteiger partial charge in [0.15, 0.2) is 0 Å². The Bertz CT molecular complexity index is 239. The highest BCUT2D eigenvalue weighted by Crippen LogP contribution is 2.18. The van der Waals surface area contributed by atoms with E-state index >= 15 is 0 Å². The molecular weight excluding hydrogens is 180 g/mol. The van der Waals surface area contributed by atoms with Crippen molar-refractivity contribution in [3.63, 3.8) is 0 Å². The standard InChI is InChI=1S/C7H11ClN2O2/c1-3-5(11-4-2)6-9-7(8)12-10-6/h5H,3-4H2,1-2H3. The Morgan fingerprint density at radius 3 is 2.75 bits per heavy atom. The summed E-state index contributed by atoms with van der Waals surface area (Å²) in [5.74, 6) is 0.518. The quantitative estimate of drug-likeness (QED) is 0.731. The van der Waals surface area contributed by atoms with Crippen molar-refractivity contribution in [1.82, 2.24) is 10.1 Å². The monoisotopic (exact) mass is 190 g/mol. The predicted octanol–water partition coefficient (Wildman–Crippen LogP) is 2.21. The average molecular weight is 191 g/mol. The molecule has 5 heteroatoms. The Labute approximate surface area is 75.9 Å². The summed E-state index contributed by atoms with van der Waals surface area (Å²) < 4.78 is 9.96. The van der Waals surface area contributed by atoms with Crippen molar-refractivity contribution in [2.75, 3.05) is 6.61 Å². The van der Waals surface area contributed by atoms with Gasteiger partial charge >= 0.3 is 5.35 Å². The normalized spacial score (nSPS) is 13.2. The fraction of sp³-hybridized carbons (Fsp3) is 0.714. The first-order valence-corrected chi connectivity index (χ1v) is 4.26. The van der Waals surface area contributed by atoms with E-state index in [1.54, 1.807) is 0 Å². The molecule has 0 fully saturated rings. The fourth-order valence-corrected chi connectivity index (χ4v) is 1.04. The molecule has 12 heavy (non-hydrogen) atoms. The van der Waals surface area contributed by atoms with Crippen molar-refractivity contribution in [3.05, 3.63) is 11.2 Å². The summed E-state index contributed by atoms with van der Waals surface area (Å²) in [5.41, 5.74) is 0. The SMILES string of the molecule is CCOC(CC)c1noc(Cl)n1. The van der Waals surface area contributed by atoms with E-state index in [1.165, 1.54) is 0 Å². The molecule has 0 bridgehead atoms. The molecule has 0 aliphatic rings. The number of ether oxygens (including phenoxy) is 1. The molecule has 1 unspecified atom stereocenters. The minimum Gasteiger partial charge on any atom is -0.370 e. The van der Waals surface area contributed by atoms with Crippen LogP contribution in [0.5, 0.6) is 0 Å². The van der Waals surface area contributed by atoms with Crippen LogP contribution in [-0.2, 0) is 4.74 Å². The summed E-state index contributed by atoms with van der Waals surface area (Å²) in [6.45, 7) is 4.54. The summed E-state index contributed by atoms with van der Waals surface area (Å²) in [6.07, 6.45) is 0.704. The molecule has 0 N–H and O–H groups in total. The molecule has 0 saturated heterocycles. The molecule has 4 nitrogen and oxygen atoms in total. The van der Waals surface area contributed by atoms with Crippen molar-refractivity contribution in [2.45, 2.75) is 26.4 Å². The lowest BCUT2D eigenvalue weighted by Crippen LogP contribution is -2.04. The van der Waals surface area contributed by atoms with E-state index in [4.69, 9.17) is 16.3 Å². The molecule has 0 aromatic carbocycles. The second-order valence-electron chi connectivity index (χ2n) is 2.26. The van der Waals surface area contributed by atoms with E-state index in [1.807, 2.05) is 13.8 Å². The molecule has 0 aliphatic carbocycles. The van der Waals surface area contributed by atoms with Crippen LogP contribution in [0.2, 0.25) is 5.35 Å². The average Bonchev–Trinajstić information content (AvgIpc) is 2.47. The van der Waals surface area contributed by atoms with Gasteiger partial charge in [0.2, 0.25) is 5.82 Å². The Balaban J connectivity index is 2.66. The van der Waals surface area contributed by atoms with E-state index in [2.05, 4.69) is 14.7 Å². The van der Waals surface area contributed by atoms with Crippen LogP contribution in [0.15, 0.2) is 4.52 Å². The molecule has 1 aromatic rings. The van der Waals surface area contributed by atoms with Crippen molar-refractivity contribution < 1.29 is 9.26 Å². The zero-order valence-corrected chi connectivity index (χ0v) is 7.84. The van der Waals surface area contributed by atoms with Crippen molar-refractivity contribution in [1.29, 1.82) is 0 Å². The van der Waals surface area contributed by atoms with E-state index in [-0.39, 0.29) is 11.5 Å². The smallest absolute Gasteiger partial charge is 0.320 e. The van der Waals surface area contributed by atoms with Crippen molar-refractivity contribution in [2.24, 2.45) is 0 Å². The molecule has 1 aromatic heterocycles. The largest absolute Gasteiger partial charge is 0.370 e. The Kier molecular flexibility index (Phi) is 3.49. The Morgan fingerprint density at radius 2 is 2.33 bits per heavy atom. The van der Waals surface area contributed by atoms with Crippen LogP contribution >= 0.6 is 11.6 Å². The highest BCUT2D eigenvalue weighted by atomic mass is 35.5. The summed E-state index contributed by atoms with van der Waals surface area (Å²) in [5, 5.41) is 3.72. The first kappa shape index (κ1) is 9.48. The van der Waals surface area contributed by atoms with Crippen LogP contribution in [0, 0.1) is 0 Å². The van der Waals surface area contributed by atoms with E-state index < -0.39 is 0 Å². The second-order valence-corrected chi connectivity index (χ2v) is 2.58. The lowest BCUT2D eigenvalue weighted by Gasteiger charge is -2.08. The molecule has 68 valence electrons. The fourth-order valence-electron chi connectivity index (χ4n) is 0.922. The number of aromatic nitrogens is 2. The van der Waals surface area contributed by atoms with Crippen LogP contribution in [0.4, 0.5) is 0 Å². The van der Waals surface area contributed by atoms with Gasteiger partial charge in [-0.15, -0.1) is 0 Å². The maximum absolute atomic E-state index is 5.47. The third kappa shape index (κ3) is 2.19. The molecule has 0 radical (unpaired) electrons. The molecule has 1 heterocycles. The first-order valence-electron chi connectivity index (χ1n) is 3.88. The highest BCUT2D eigenvalue weighted by Gasteiger charge is 2.15. The topological polar surface area (TPSA) is 48.2 Å². The summed E-state index contributed by atoms with van der Waals surface area (Å²) in [4.78, 5) is 3.86. The highest BCUT2D eigenvalue weighted by molar-refractivity contribution is 6.27. The number of hydrogen-bond acceptors (Lipinski definition) is 4. The minimum absolute atomic E-state index is 0.0585. The molecule has 1 atom stereocenters. The number of halogens is 1. The zero-order valence-electron chi connectivity index (χ0n) is 7.08. The summed E-state index contributed by atoms with van der Waals surface area (Å²) in [7, 11) is 0. The summed E-state index contributed by atoms with van der Waals surface area (Å²) >= 11 is 5.47. The Hall–Kier alpha value is -0.610. The van der Waals surface area contributed by atoms with Crippen LogP contribution in [-0.4, -0.2) is 16.7 Å². The van der Waals surface area contributed by atoms with Crippen LogP contribution in [0.1, 0.15) is 32.2 Å². The number of rotatable bonds is 4. The second kappa shape index (κ2) is 4.42. The van der Waals surface area contributed by atoms with Crippen LogP contribution in [0.25, 0.3) is 0 Å². The molecule has 0 amide bonds. The third-order valence-electron chi connectivity index (χ3n) is 1.44. The third-order valence-corrected chi connectivity index (χ3v) is 1.60. The minimum atomic E-state index is -0.105. The lowest BCUT2D eigenvalue weighted by atomic mass is 10.2. The predicted molar refractivity (Wildman–Crippen MR) is 44.0 cm³/mol. The maximum Gasteiger partial charge on any atom is 0.320 e. The van der Waals surface area contributed by atoms with Gasteiger partial charge in [0, 0.05) is 6.61 Å². The van der Waals surface area contributed by atoms with Gasteiger partial charge in [-0.05, 0) is 24.9 Å².